The maximum absolute atomic E-state index is 12.0. The van der Waals surface area contributed by atoms with E-state index in [0.717, 1.165) is 31.6 Å². The first-order valence-electron chi connectivity index (χ1n) is 6.19. The average Bonchev–Trinajstić information content (AvgIpc) is 2.93. The third-order valence-electron chi connectivity index (χ3n) is 3.25. The van der Waals surface area contributed by atoms with Crippen LogP contribution < -0.4 is 10.6 Å². The molecule has 18 heavy (non-hydrogen) atoms. The summed E-state index contributed by atoms with van der Waals surface area (Å²) >= 11 is 0. The van der Waals surface area contributed by atoms with Crippen LogP contribution in [0.5, 0.6) is 0 Å². The predicted octanol–water partition coefficient (Wildman–Crippen LogP) is 0.671. The molecule has 2 heterocycles. The van der Waals surface area contributed by atoms with Gasteiger partial charge in [-0.3, -0.25) is 9.48 Å². The molecule has 1 aliphatic heterocycles. The van der Waals surface area contributed by atoms with Crippen LogP contribution in [0, 0.1) is 5.92 Å². The van der Waals surface area contributed by atoms with Crippen LogP contribution in [-0.2, 0) is 11.8 Å². The minimum atomic E-state index is 0. The number of nitrogens with zero attached hydrogens (tertiary/aromatic N) is 2. The summed E-state index contributed by atoms with van der Waals surface area (Å²) in [5.74, 6) is 0.442. The highest BCUT2D eigenvalue weighted by Crippen LogP contribution is 2.27. The monoisotopic (exact) mass is 272 g/mol. The predicted molar refractivity (Wildman–Crippen MR) is 72.9 cm³/mol. The van der Waals surface area contributed by atoms with Crippen LogP contribution in [0.3, 0.4) is 0 Å². The zero-order chi connectivity index (χ0) is 12.3. The van der Waals surface area contributed by atoms with E-state index in [-0.39, 0.29) is 30.2 Å². The smallest absolute Gasteiger partial charge is 0.225 e. The Balaban J connectivity index is 0.00000162. The van der Waals surface area contributed by atoms with Crippen molar-refractivity contribution in [3.05, 3.63) is 18.0 Å². The minimum Gasteiger partial charge on any atom is -0.356 e. The van der Waals surface area contributed by atoms with Gasteiger partial charge in [-0.05, 0) is 12.0 Å². The lowest BCUT2D eigenvalue weighted by atomic mass is 9.90. The molecular formula is C12H21ClN4O. The van der Waals surface area contributed by atoms with Crippen molar-refractivity contribution in [2.45, 2.75) is 19.3 Å². The third kappa shape index (κ3) is 3.23. The van der Waals surface area contributed by atoms with Crippen molar-refractivity contribution in [3.63, 3.8) is 0 Å². The Labute approximate surface area is 114 Å². The van der Waals surface area contributed by atoms with Gasteiger partial charge >= 0.3 is 0 Å². The van der Waals surface area contributed by atoms with Gasteiger partial charge in [-0.15, -0.1) is 12.4 Å². The van der Waals surface area contributed by atoms with Crippen molar-refractivity contribution < 1.29 is 4.79 Å². The number of hydrogen-bond acceptors (Lipinski definition) is 3. The van der Waals surface area contributed by atoms with Crippen LogP contribution >= 0.6 is 12.4 Å². The van der Waals surface area contributed by atoms with E-state index in [9.17, 15) is 4.79 Å². The summed E-state index contributed by atoms with van der Waals surface area (Å²) in [6.45, 7) is 4.44. The van der Waals surface area contributed by atoms with Gasteiger partial charge < -0.3 is 10.6 Å². The first-order chi connectivity index (χ1) is 8.22. The Morgan fingerprint density at radius 1 is 1.61 bits per heavy atom. The number of aryl methyl sites for hydroxylation is 1. The summed E-state index contributed by atoms with van der Waals surface area (Å²) < 4.78 is 1.79. The van der Waals surface area contributed by atoms with E-state index in [1.54, 1.807) is 4.68 Å². The van der Waals surface area contributed by atoms with E-state index in [1.807, 2.05) is 19.4 Å². The number of carbonyl (C=O) groups is 1. The molecule has 0 bridgehead atoms. The number of aromatic nitrogens is 2. The molecule has 2 rings (SSSR count). The quantitative estimate of drug-likeness (QED) is 0.847. The maximum Gasteiger partial charge on any atom is 0.225 e. The second-order valence-corrected chi connectivity index (χ2v) is 4.61. The third-order valence-corrected chi connectivity index (χ3v) is 3.25. The van der Waals surface area contributed by atoms with Gasteiger partial charge in [0.15, 0.2) is 0 Å². The van der Waals surface area contributed by atoms with Gasteiger partial charge in [0.25, 0.3) is 0 Å². The van der Waals surface area contributed by atoms with Crippen molar-refractivity contribution in [1.29, 1.82) is 0 Å². The van der Waals surface area contributed by atoms with E-state index >= 15 is 0 Å². The van der Waals surface area contributed by atoms with E-state index in [0.29, 0.717) is 0 Å². The Kier molecular flexibility index (Phi) is 5.62. The summed E-state index contributed by atoms with van der Waals surface area (Å²) in [6, 6.07) is 0. The minimum absolute atomic E-state index is 0. The standard InChI is InChI=1S/C12H20N4O.ClH/c1-3-4-14-12(17)11-7-13-6-10(11)9-5-15-16(2)8-9;/h5,8,10-11,13H,3-4,6-7H2,1-2H3,(H,14,17);1H/t10-,11+;/m1./s1. The number of amides is 1. The largest absolute Gasteiger partial charge is 0.356 e. The SMILES string of the molecule is CCCNC(=O)[C@H]1CNC[C@@H]1c1cnn(C)c1.Cl. The molecule has 0 aromatic carbocycles. The number of hydrogen-bond donors (Lipinski definition) is 2. The van der Waals surface area contributed by atoms with Gasteiger partial charge in [0.05, 0.1) is 12.1 Å². The highest BCUT2D eigenvalue weighted by molar-refractivity contribution is 5.85. The van der Waals surface area contributed by atoms with E-state index < -0.39 is 0 Å². The molecule has 1 aromatic rings. The van der Waals surface area contributed by atoms with Crippen LogP contribution in [-0.4, -0.2) is 35.3 Å². The molecule has 5 nitrogen and oxygen atoms in total. The summed E-state index contributed by atoms with van der Waals surface area (Å²) in [4.78, 5) is 12.0. The zero-order valence-electron chi connectivity index (χ0n) is 10.8. The molecule has 6 heteroatoms. The normalized spacial score (nSPS) is 22.6. The number of carbonyl (C=O) groups excluding carboxylic acids is 1. The van der Waals surface area contributed by atoms with Crippen LogP contribution in [0.2, 0.25) is 0 Å². The topological polar surface area (TPSA) is 59.0 Å². The Morgan fingerprint density at radius 2 is 2.39 bits per heavy atom. The molecule has 1 aromatic heterocycles. The molecule has 1 aliphatic rings. The molecule has 1 saturated heterocycles. The van der Waals surface area contributed by atoms with Crippen molar-refractivity contribution in [1.82, 2.24) is 20.4 Å². The lowest BCUT2D eigenvalue weighted by Gasteiger charge is -2.16. The Hall–Kier alpha value is -1.07. The molecular weight excluding hydrogens is 252 g/mol. The second-order valence-electron chi connectivity index (χ2n) is 4.61. The lowest BCUT2D eigenvalue weighted by molar-refractivity contribution is -0.124. The van der Waals surface area contributed by atoms with Crippen molar-refractivity contribution in [2.75, 3.05) is 19.6 Å². The number of halogens is 1. The van der Waals surface area contributed by atoms with Crippen LogP contribution in [0.4, 0.5) is 0 Å². The molecule has 2 atom stereocenters. The number of nitrogens with one attached hydrogen (secondary N) is 2. The molecule has 2 N–H and O–H groups in total. The van der Waals surface area contributed by atoms with Crippen LogP contribution in [0.15, 0.2) is 12.4 Å². The van der Waals surface area contributed by atoms with Crippen LogP contribution in [0.1, 0.15) is 24.8 Å². The van der Waals surface area contributed by atoms with Gasteiger partial charge in [0.2, 0.25) is 5.91 Å². The van der Waals surface area contributed by atoms with E-state index in [4.69, 9.17) is 0 Å². The summed E-state index contributed by atoms with van der Waals surface area (Å²) in [5, 5.41) is 10.4. The summed E-state index contributed by atoms with van der Waals surface area (Å²) in [5.41, 5.74) is 1.15. The zero-order valence-corrected chi connectivity index (χ0v) is 11.7. The molecule has 0 aliphatic carbocycles. The number of rotatable bonds is 4. The fourth-order valence-electron chi connectivity index (χ4n) is 2.32. The Bertz CT molecular complexity index is 393. The van der Waals surface area contributed by atoms with Crippen molar-refractivity contribution in [2.24, 2.45) is 13.0 Å². The van der Waals surface area contributed by atoms with Gasteiger partial charge in [-0.1, -0.05) is 6.92 Å². The lowest BCUT2D eigenvalue weighted by Crippen LogP contribution is -2.34. The summed E-state index contributed by atoms with van der Waals surface area (Å²) in [7, 11) is 1.90. The van der Waals surface area contributed by atoms with Crippen molar-refractivity contribution in [3.8, 4) is 0 Å². The van der Waals surface area contributed by atoms with E-state index in [2.05, 4.69) is 22.7 Å². The van der Waals surface area contributed by atoms with Gasteiger partial charge in [-0.2, -0.15) is 5.10 Å². The van der Waals surface area contributed by atoms with Gasteiger partial charge in [-0.25, -0.2) is 0 Å². The molecule has 0 spiro atoms. The fraction of sp³-hybridized carbons (Fsp3) is 0.667. The van der Waals surface area contributed by atoms with Gasteiger partial charge in [0.1, 0.15) is 0 Å². The highest BCUT2D eigenvalue weighted by Gasteiger charge is 2.34. The average molecular weight is 273 g/mol. The first kappa shape index (κ1) is 15.0. The second kappa shape index (κ2) is 6.75. The van der Waals surface area contributed by atoms with Gasteiger partial charge in [0, 0.05) is 38.8 Å². The maximum atomic E-state index is 12.0. The molecule has 0 unspecified atom stereocenters. The van der Waals surface area contributed by atoms with E-state index in [1.165, 1.54) is 0 Å². The molecule has 0 saturated carbocycles. The van der Waals surface area contributed by atoms with Crippen LogP contribution in [0.25, 0.3) is 0 Å². The molecule has 1 amide bonds. The summed E-state index contributed by atoms with van der Waals surface area (Å²) in [6.07, 6.45) is 4.83. The molecule has 0 radical (unpaired) electrons. The Morgan fingerprint density at radius 3 is 3.00 bits per heavy atom. The fourth-order valence-corrected chi connectivity index (χ4v) is 2.32. The highest BCUT2D eigenvalue weighted by atomic mass is 35.5. The molecule has 102 valence electrons. The van der Waals surface area contributed by atoms with Crippen molar-refractivity contribution >= 4 is 18.3 Å². The molecule has 1 fully saturated rings. The first-order valence-corrected chi connectivity index (χ1v) is 6.19.